The minimum atomic E-state index is 0.472. The van der Waals surface area contributed by atoms with Crippen LogP contribution in [0.4, 0.5) is 0 Å². The lowest BCUT2D eigenvalue weighted by Crippen LogP contribution is -2.11. The predicted molar refractivity (Wildman–Crippen MR) is 173 cm³/mol. The third-order valence-corrected chi connectivity index (χ3v) is 8.00. The van der Waals surface area contributed by atoms with Gasteiger partial charge >= 0.3 is 0 Å². The standard InChI is InChI=1S/C36H22N8/c1-5-15-27-23(11-1)24-12-2-6-16-28(24)43(27)35-31(33-37-19-9-20-38-33)42-36(32(41-35)34-39-21-10-22-40-34)44-29-17-7-3-13-25(29)26-14-4-8-18-30(26)44/h1-22H. The van der Waals surface area contributed by atoms with Crippen molar-refractivity contribution in [3.05, 3.63) is 134 Å². The molecule has 0 bridgehead atoms. The Morgan fingerprint density at radius 1 is 0.341 bits per heavy atom. The summed E-state index contributed by atoms with van der Waals surface area (Å²) in [5, 5.41) is 4.48. The molecule has 8 nitrogen and oxygen atoms in total. The van der Waals surface area contributed by atoms with Gasteiger partial charge in [-0.1, -0.05) is 72.8 Å². The van der Waals surface area contributed by atoms with Crippen molar-refractivity contribution in [2.75, 3.05) is 0 Å². The number of aromatic nitrogens is 8. The van der Waals surface area contributed by atoms with Crippen molar-refractivity contribution in [3.63, 3.8) is 0 Å². The molecule has 5 heterocycles. The molecule has 0 atom stereocenters. The lowest BCUT2D eigenvalue weighted by atomic mass is 10.2. The van der Waals surface area contributed by atoms with E-state index in [2.05, 4.69) is 102 Å². The summed E-state index contributed by atoms with van der Waals surface area (Å²) in [7, 11) is 0. The fraction of sp³-hybridized carbons (Fsp3) is 0. The smallest absolute Gasteiger partial charge is 0.182 e. The second-order valence-electron chi connectivity index (χ2n) is 10.5. The Hall–Kier alpha value is -6.28. The van der Waals surface area contributed by atoms with Crippen LogP contribution in [-0.2, 0) is 0 Å². The molecule has 0 saturated heterocycles. The number of nitrogens with zero attached hydrogens (tertiary/aromatic N) is 8. The summed E-state index contributed by atoms with van der Waals surface area (Å²) in [5.74, 6) is 2.14. The molecule has 0 saturated carbocycles. The molecule has 44 heavy (non-hydrogen) atoms. The van der Waals surface area contributed by atoms with E-state index in [0.29, 0.717) is 34.7 Å². The molecule has 0 aliphatic carbocycles. The summed E-state index contributed by atoms with van der Waals surface area (Å²) in [6.07, 6.45) is 6.92. The molecule has 0 aliphatic heterocycles. The predicted octanol–water partition coefficient (Wildman–Crippen LogP) is 7.58. The van der Waals surface area contributed by atoms with Crippen molar-refractivity contribution in [3.8, 4) is 34.7 Å². The van der Waals surface area contributed by atoms with Crippen LogP contribution in [0.15, 0.2) is 134 Å². The fourth-order valence-corrected chi connectivity index (χ4v) is 6.17. The lowest BCUT2D eigenvalue weighted by Gasteiger charge is -2.17. The minimum Gasteiger partial charge on any atom is -0.292 e. The maximum atomic E-state index is 5.41. The summed E-state index contributed by atoms with van der Waals surface area (Å²) < 4.78 is 4.29. The summed E-state index contributed by atoms with van der Waals surface area (Å²) in [5.41, 5.74) is 5.12. The topological polar surface area (TPSA) is 87.2 Å². The molecule has 206 valence electrons. The first-order valence-electron chi connectivity index (χ1n) is 14.3. The van der Waals surface area contributed by atoms with Gasteiger partial charge in [-0.05, 0) is 36.4 Å². The number of para-hydroxylation sites is 4. The van der Waals surface area contributed by atoms with Crippen molar-refractivity contribution in [1.82, 2.24) is 39.0 Å². The Kier molecular flexibility index (Phi) is 5.33. The molecular weight excluding hydrogens is 544 g/mol. The first-order chi connectivity index (χ1) is 21.9. The van der Waals surface area contributed by atoms with Gasteiger partial charge in [0, 0.05) is 46.3 Å². The second kappa shape index (κ2) is 9.64. The van der Waals surface area contributed by atoms with Gasteiger partial charge in [0.25, 0.3) is 0 Å². The third kappa shape index (κ3) is 3.58. The summed E-state index contributed by atoms with van der Waals surface area (Å²) in [6, 6.07) is 36.9. The van der Waals surface area contributed by atoms with E-state index >= 15 is 0 Å². The molecular formula is C36H22N8. The Bertz CT molecular complexity index is 2220. The lowest BCUT2D eigenvalue weighted by molar-refractivity contribution is 0.970. The van der Waals surface area contributed by atoms with E-state index < -0.39 is 0 Å². The Morgan fingerprint density at radius 3 is 0.955 bits per heavy atom. The van der Waals surface area contributed by atoms with E-state index in [1.807, 2.05) is 24.3 Å². The summed E-state index contributed by atoms with van der Waals surface area (Å²) >= 11 is 0. The van der Waals surface area contributed by atoms with E-state index in [0.717, 1.165) is 43.6 Å². The van der Waals surface area contributed by atoms with Gasteiger partial charge in [-0.15, -0.1) is 0 Å². The molecule has 0 unspecified atom stereocenters. The quantitative estimate of drug-likeness (QED) is 0.218. The van der Waals surface area contributed by atoms with Crippen molar-refractivity contribution in [2.24, 2.45) is 0 Å². The Balaban J connectivity index is 1.48. The van der Waals surface area contributed by atoms with Gasteiger partial charge in [-0.25, -0.2) is 29.9 Å². The molecule has 0 fully saturated rings. The minimum absolute atomic E-state index is 0.472. The van der Waals surface area contributed by atoms with Crippen molar-refractivity contribution in [2.45, 2.75) is 0 Å². The van der Waals surface area contributed by atoms with E-state index in [1.54, 1.807) is 36.9 Å². The number of hydrogen-bond acceptors (Lipinski definition) is 6. The summed E-state index contributed by atoms with van der Waals surface area (Å²) in [4.78, 5) is 29.5. The normalized spacial score (nSPS) is 11.6. The van der Waals surface area contributed by atoms with E-state index in [9.17, 15) is 0 Å². The molecule has 0 amide bonds. The zero-order valence-electron chi connectivity index (χ0n) is 23.3. The molecule has 0 aliphatic rings. The van der Waals surface area contributed by atoms with Gasteiger partial charge in [0.15, 0.2) is 34.7 Å². The van der Waals surface area contributed by atoms with Crippen LogP contribution in [-0.4, -0.2) is 39.0 Å². The SMILES string of the molecule is c1cnc(-c2nc(-n3c4ccccc4c4ccccc43)c(-c3ncccn3)nc2-n2c3ccccc3c3ccccc32)nc1. The molecule has 0 radical (unpaired) electrons. The number of rotatable bonds is 4. The van der Waals surface area contributed by atoms with Gasteiger partial charge in [-0.3, -0.25) is 9.13 Å². The molecule has 4 aromatic carbocycles. The largest absolute Gasteiger partial charge is 0.292 e. The number of benzene rings is 4. The average Bonchev–Trinajstić information content (AvgIpc) is 3.62. The van der Waals surface area contributed by atoms with Gasteiger partial charge in [0.1, 0.15) is 0 Å². The van der Waals surface area contributed by atoms with Gasteiger partial charge < -0.3 is 0 Å². The molecule has 5 aromatic heterocycles. The van der Waals surface area contributed by atoms with Crippen LogP contribution < -0.4 is 0 Å². The van der Waals surface area contributed by atoms with Crippen molar-refractivity contribution in [1.29, 1.82) is 0 Å². The Labute approximate surface area is 251 Å². The fourth-order valence-electron chi connectivity index (χ4n) is 6.17. The molecule has 9 rings (SSSR count). The van der Waals surface area contributed by atoms with Crippen molar-refractivity contribution >= 4 is 43.6 Å². The molecule has 9 aromatic rings. The molecule has 8 heteroatoms. The number of fused-ring (bicyclic) bond motifs is 6. The van der Waals surface area contributed by atoms with Gasteiger partial charge in [-0.2, -0.15) is 0 Å². The maximum Gasteiger partial charge on any atom is 0.182 e. The molecule has 0 spiro atoms. The highest BCUT2D eigenvalue weighted by Gasteiger charge is 2.26. The van der Waals surface area contributed by atoms with Crippen LogP contribution in [0.5, 0.6) is 0 Å². The van der Waals surface area contributed by atoms with Gasteiger partial charge in [0.2, 0.25) is 0 Å². The van der Waals surface area contributed by atoms with Crippen LogP contribution in [0, 0.1) is 0 Å². The zero-order valence-corrected chi connectivity index (χ0v) is 23.3. The van der Waals surface area contributed by atoms with Crippen molar-refractivity contribution < 1.29 is 0 Å². The second-order valence-corrected chi connectivity index (χ2v) is 10.5. The third-order valence-electron chi connectivity index (χ3n) is 8.00. The average molecular weight is 567 g/mol. The van der Waals surface area contributed by atoms with Gasteiger partial charge in [0.05, 0.1) is 22.1 Å². The Morgan fingerprint density at radius 2 is 0.636 bits per heavy atom. The van der Waals surface area contributed by atoms with E-state index in [-0.39, 0.29) is 0 Å². The van der Waals surface area contributed by atoms with E-state index in [1.165, 1.54) is 0 Å². The van der Waals surface area contributed by atoms with Crippen LogP contribution in [0.2, 0.25) is 0 Å². The van der Waals surface area contributed by atoms with Crippen LogP contribution in [0.3, 0.4) is 0 Å². The molecule has 0 N–H and O–H groups in total. The monoisotopic (exact) mass is 566 g/mol. The van der Waals surface area contributed by atoms with E-state index in [4.69, 9.17) is 9.97 Å². The first-order valence-corrected chi connectivity index (χ1v) is 14.3. The first kappa shape index (κ1) is 24.3. The van der Waals surface area contributed by atoms with Crippen LogP contribution in [0.1, 0.15) is 0 Å². The summed E-state index contributed by atoms with van der Waals surface area (Å²) in [6.45, 7) is 0. The van der Waals surface area contributed by atoms with Crippen LogP contribution in [0.25, 0.3) is 78.3 Å². The highest BCUT2D eigenvalue weighted by molar-refractivity contribution is 6.10. The maximum absolute atomic E-state index is 5.41. The van der Waals surface area contributed by atoms with Crippen LogP contribution >= 0.6 is 0 Å². The highest BCUT2D eigenvalue weighted by atomic mass is 15.2. The zero-order chi connectivity index (χ0) is 29.0. The highest BCUT2D eigenvalue weighted by Crippen LogP contribution is 2.38. The number of hydrogen-bond donors (Lipinski definition) is 0.